The van der Waals surface area contributed by atoms with Gasteiger partial charge in [0.25, 0.3) is 5.91 Å². The molecule has 0 fully saturated rings. The molecule has 3 rings (SSSR count). The highest BCUT2D eigenvalue weighted by Crippen LogP contribution is 2.38. The van der Waals surface area contributed by atoms with Crippen LogP contribution >= 0.6 is 46.7 Å². The summed E-state index contributed by atoms with van der Waals surface area (Å²) in [6.45, 7) is 0. The molecule has 0 atom stereocenters. The molecule has 0 aliphatic rings. The van der Waals surface area contributed by atoms with Crippen LogP contribution in [0.1, 0.15) is 11.1 Å². The summed E-state index contributed by atoms with van der Waals surface area (Å²) in [5.74, 6) is -0.00300. The van der Waals surface area contributed by atoms with E-state index in [4.69, 9.17) is 23.2 Å². The second-order valence-electron chi connectivity index (χ2n) is 6.50. The second-order valence-corrected chi connectivity index (χ2v) is 9.54. The van der Waals surface area contributed by atoms with Crippen LogP contribution in [0.3, 0.4) is 0 Å². The predicted molar refractivity (Wildman–Crippen MR) is 133 cm³/mol. The van der Waals surface area contributed by atoms with Crippen LogP contribution in [-0.2, 0) is 16.3 Å². The normalized spacial score (nSPS) is 10.3. The van der Waals surface area contributed by atoms with Crippen LogP contribution in [-0.4, -0.2) is 5.91 Å². The molecule has 1 N–H and O–H groups in total. The molecule has 3 aromatic carbocycles. The zero-order valence-corrected chi connectivity index (χ0v) is 19.8. The van der Waals surface area contributed by atoms with Crippen molar-refractivity contribution in [3.63, 3.8) is 0 Å². The largest absolute Gasteiger partial charge is 0.321 e. The van der Waals surface area contributed by atoms with Crippen molar-refractivity contribution in [1.82, 2.24) is 0 Å². The molecule has 0 saturated heterocycles. The van der Waals surface area contributed by atoms with Crippen LogP contribution in [0.15, 0.2) is 82.6 Å². The molecule has 0 aliphatic heterocycles. The molecule has 0 bridgehead atoms. The Morgan fingerprint density at radius 2 is 1.38 bits per heavy atom. The number of thioether (sulfide) groups is 2. The zero-order chi connectivity index (χ0) is 22.9. The average Bonchev–Trinajstić information content (AvgIpc) is 2.79. The molecule has 32 heavy (non-hydrogen) atoms. The average molecular weight is 503 g/mol. The van der Waals surface area contributed by atoms with E-state index in [0.717, 1.165) is 11.1 Å². The fraction of sp³-hybridized carbons (Fsp3) is 0.0833. The molecule has 0 aromatic heterocycles. The standard InChI is InChI=1S/C24H17Cl2FN2OS2/c25-21-7-3-1-5-16(21)14-31-24(32-15-17-6-2-4-8-22(17)26)20(13-28)23(30)29-19-11-9-18(27)10-12-19/h1-12H,14-15H2,(H,29,30). The summed E-state index contributed by atoms with van der Waals surface area (Å²) >= 11 is 15.3. The summed E-state index contributed by atoms with van der Waals surface area (Å²) in [6.07, 6.45) is 0. The number of amides is 1. The van der Waals surface area contributed by atoms with E-state index >= 15 is 0 Å². The van der Waals surface area contributed by atoms with Gasteiger partial charge in [0.2, 0.25) is 0 Å². The Balaban J connectivity index is 1.86. The van der Waals surface area contributed by atoms with Gasteiger partial charge in [0.1, 0.15) is 17.5 Å². The molecule has 0 aliphatic carbocycles. The molecule has 3 nitrogen and oxygen atoms in total. The number of carbonyl (C=O) groups is 1. The summed E-state index contributed by atoms with van der Waals surface area (Å²) in [4.78, 5) is 12.9. The number of nitrogens with one attached hydrogen (secondary N) is 1. The van der Waals surface area contributed by atoms with Gasteiger partial charge in [0, 0.05) is 27.2 Å². The summed E-state index contributed by atoms with van der Waals surface area (Å²) in [5.41, 5.74) is 2.16. The smallest absolute Gasteiger partial charge is 0.268 e. The first-order valence-corrected chi connectivity index (χ1v) is 12.1. The fourth-order valence-corrected chi connectivity index (χ4v) is 5.51. The van der Waals surface area contributed by atoms with Crippen molar-refractivity contribution < 1.29 is 9.18 Å². The molecule has 1 amide bonds. The van der Waals surface area contributed by atoms with Crippen LogP contribution in [0.4, 0.5) is 10.1 Å². The second kappa shape index (κ2) is 12.0. The minimum atomic E-state index is -0.563. The third kappa shape index (κ3) is 6.78. The van der Waals surface area contributed by atoms with E-state index in [1.807, 2.05) is 42.5 Å². The van der Waals surface area contributed by atoms with Gasteiger partial charge in [0.15, 0.2) is 0 Å². The highest BCUT2D eigenvalue weighted by molar-refractivity contribution is 8.21. The highest BCUT2D eigenvalue weighted by atomic mass is 35.5. The monoisotopic (exact) mass is 502 g/mol. The lowest BCUT2D eigenvalue weighted by Gasteiger charge is -2.12. The van der Waals surface area contributed by atoms with Crippen molar-refractivity contribution in [3.05, 3.63) is 110 Å². The number of nitriles is 1. The summed E-state index contributed by atoms with van der Waals surface area (Å²) in [7, 11) is 0. The summed E-state index contributed by atoms with van der Waals surface area (Å²) in [5, 5.41) is 13.7. The lowest BCUT2D eigenvalue weighted by atomic mass is 10.2. The highest BCUT2D eigenvalue weighted by Gasteiger charge is 2.18. The Morgan fingerprint density at radius 1 is 0.875 bits per heavy atom. The van der Waals surface area contributed by atoms with Crippen molar-refractivity contribution in [2.75, 3.05) is 5.32 Å². The minimum absolute atomic E-state index is 0.0246. The van der Waals surface area contributed by atoms with Crippen molar-refractivity contribution >= 4 is 58.3 Å². The Morgan fingerprint density at radius 3 is 1.84 bits per heavy atom. The van der Waals surface area contributed by atoms with Crippen LogP contribution in [0, 0.1) is 17.1 Å². The first-order valence-electron chi connectivity index (χ1n) is 9.41. The van der Waals surface area contributed by atoms with Gasteiger partial charge in [0.05, 0.1) is 4.24 Å². The van der Waals surface area contributed by atoms with E-state index < -0.39 is 11.7 Å². The van der Waals surface area contributed by atoms with E-state index in [1.165, 1.54) is 47.8 Å². The van der Waals surface area contributed by atoms with Crippen LogP contribution in [0.5, 0.6) is 0 Å². The number of rotatable bonds is 8. The van der Waals surface area contributed by atoms with E-state index in [2.05, 4.69) is 5.32 Å². The van der Waals surface area contributed by atoms with E-state index in [-0.39, 0.29) is 5.57 Å². The quantitative estimate of drug-likeness (QED) is 0.253. The summed E-state index contributed by atoms with van der Waals surface area (Å²) in [6, 6.07) is 22.2. The maximum absolute atomic E-state index is 13.2. The molecule has 0 saturated carbocycles. The van der Waals surface area contributed by atoms with Crippen molar-refractivity contribution in [2.24, 2.45) is 0 Å². The molecular weight excluding hydrogens is 486 g/mol. The predicted octanol–water partition coefficient (Wildman–Crippen LogP) is 7.67. The SMILES string of the molecule is N#CC(C(=O)Nc1ccc(F)cc1)=C(SCc1ccccc1Cl)SCc1ccccc1Cl. The topological polar surface area (TPSA) is 52.9 Å². The van der Waals surface area contributed by atoms with Gasteiger partial charge in [-0.2, -0.15) is 5.26 Å². The first-order chi connectivity index (χ1) is 15.5. The molecule has 0 heterocycles. The fourth-order valence-electron chi connectivity index (χ4n) is 2.62. The molecule has 0 unspecified atom stereocenters. The van der Waals surface area contributed by atoms with Crippen molar-refractivity contribution in [1.29, 1.82) is 5.26 Å². The number of anilines is 1. The van der Waals surface area contributed by atoms with Crippen LogP contribution in [0.25, 0.3) is 0 Å². The number of halogens is 3. The van der Waals surface area contributed by atoms with Gasteiger partial charge in [-0.25, -0.2) is 4.39 Å². The van der Waals surface area contributed by atoms with Gasteiger partial charge in [-0.15, -0.1) is 23.5 Å². The van der Waals surface area contributed by atoms with E-state index in [0.29, 0.717) is 31.5 Å². The van der Waals surface area contributed by atoms with Gasteiger partial charge in [-0.3, -0.25) is 4.79 Å². The first kappa shape index (κ1) is 24.2. The lowest BCUT2D eigenvalue weighted by molar-refractivity contribution is -0.112. The molecule has 162 valence electrons. The third-order valence-electron chi connectivity index (χ3n) is 4.28. The molecular formula is C24H17Cl2FN2OS2. The van der Waals surface area contributed by atoms with Gasteiger partial charge in [-0.1, -0.05) is 59.6 Å². The van der Waals surface area contributed by atoms with Gasteiger partial charge < -0.3 is 5.32 Å². The minimum Gasteiger partial charge on any atom is -0.321 e. The number of carbonyl (C=O) groups excluding carboxylic acids is 1. The Bertz CT molecular complexity index is 1130. The van der Waals surface area contributed by atoms with Crippen LogP contribution in [0.2, 0.25) is 10.0 Å². The maximum atomic E-state index is 13.2. The third-order valence-corrected chi connectivity index (χ3v) is 7.57. The van der Waals surface area contributed by atoms with Crippen LogP contribution < -0.4 is 5.32 Å². The maximum Gasteiger partial charge on any atom is 0.268 e. The number of hydrogen-bond acceptors (Lipinski definition) is 4. The molecule has 3 aromatic rings. The number of nitrogens with zero attached hydrogens (tertiary/aromatic N) is 1. The van der Waals surface area contributed by atoms with E-state index in [1.54, 1.807) is 12.1 Å². The van der Waals surface area contributed by atoms with Crippen molar-refractivity contribution in [3.8, 4) is 6.07 Å². The molecule has 8 heteroatoms. The summed E-state index contributed by atoms with van der Waals surface area (Å²) < 4.78 is 13.7. The number of hydrogen-bond donors (Lipinski definition) is 1. The lowest BCUT2D eigenvalue weighted by Crippen LogP contribution is -2.14. The Labute approximate surface area is 204 Å². The van der Waals surface area contributed by atoms with Crippen molar-refractivity contribution in [2.45, 2.75) is 11.5 Å². The number of benzene rings is 3. The Kier molecular flexibility index (Phi) is 9.07. The molecule has 0 radical (unpaired) electrons. The van der Waals surface area contributed by atoms with Gasteiger partial charge in [-0.05, 0) is 47.5 Å². The zero-order valence-electron chi connectivity index (χ0n) is 16.6. The van der Waals surface area contributed by atoms with Gasteiger partial charge >= 0.3 is 0 Å². The Hall–Kier alpha value is -2.43. The molecule has 0 spiro atoms. The van der Waals surface area contributed by atoms with E-state index in [9.17, 15) is 14.4 Å².